The predicted octanol–water partition coefficient (Wildman–Crippen LogP) is 3.12. The van der Waals surface area contributed by atoms with Gasteiger partial charge in [0.25, 0.3) is 5.91 Å². The van der Waals surface area contributed by atoms with Gasteiger partial charge in [0.15, 0.2) is 17.1 Å². The fraction of sp³-hybridized carbons (Fsp3) is 0.409. The minimum absolute atomic E-state index is 0.181. The second-order valence-corrected chi connectivity index (χ2v) is 7.97. The first-order valence-corrected chi connectivity index (χ1v) is 10.1. The number of benzene rings is 1. The molecular weight excluding hydrogens is 368 g/mol. The zero-order chi connectivity index (χ0) is 20.0. The summed E-state index contributed by atoms with van der Waals surface area (Å²) in [6.07, 6.45) is 6.64. The predicted molar refractivity (Wildman–Crippen MR) is 107 cm³/mol. The number of aryl methyl sites for hydroxylation is 1. The van der Waals surface area contributed by atoms with E-state index >= 15 is 0 Å². The number of carbonyl (C=O) groups excluding carboxylic acids is 1. The molecule has 1 N–H and O–H groups in total. The average Bonchev–Trinajstić information content (AvgIpc) is 3.17. The Kier molecular flexibility index (Phi) is 4.38. The van der Waals surface area contributed by atoms with Crippen molar-refractivity contribution in [3.05, 3.63) is 53.0 Å². The highest BCUT2D eigenvalue weighted by atomic mass is 16.6. The van der Waals surface area contributed by atoms with E-state index in [-0.39, 0.29) is 11.9 Å². The van der Waals surface area contributed by atoms with Crippen LogP contribution in [-0.4, -0.2) is 33.7 Å². The molecule has 29 heavy (non-hydrogen) atoms. The third-order valence-corrected chi connectivity index (χ3v) is 5.81. The van der Waals surface area contributed by atoms with Crippen molar-refractivity contribution in [2.24, 2.45) is 5.92 Å². The normalized spacial score (nSPS) is 18.9. The monoisotopic (exact) mass is 392 g/mol. The third-order valence-electron chi connectivity index (χ3n) is 5.81. The number of carbonyl (C=O) groups is 1. The van der Waals surface area contributed by atoms with E-state index in [9.17, 15) is 4.79 Å². The molecule has 1 aromatic carbocycles. The summed E-state index contributed by atoms with van der Waals surface area (Å²) in [5.74, 6) is 1.93. The molecule has 2 atom stereocenters. The summed E-state index contributed by atoms with van der Waals surface area (Å²) >= 11 is 0. The van der Waals surface area contributed by atoms with Gasteiger partial charge in [-0.3, -0.25) is 4.79 Å². The fourth-order valence-corrected chi connectivity index (χ4v) is 4.16. The summed E-state index contributed by atoms with van der Waals surface area (Å²) in [5, 5.41) is 7.53. The largest absolute Gasteiger partial charge is 0.486 e. The summed E-state index contributed by atoms with van der Waals surface area (Å²) < 4.78 is 13.1. The molecule has 2 aliphatic rings. The molecule has 0 saturated heterocycles. The van der Waals surface area contributed by atoms with Crippen molar-refractivity contribution in [2.45, 2.75) is 39.2 Å². The smallest absolute Gasteiger partial charge is 0.257 e. The van der Waals surface area contributed by atoms with Gasteiger partial charge >= 0.3 is 0 Å². The number of nitrogens with one attached hydrogen (secondary N) is 1. The van der Waals surface area contributed by atoms with Gasteiger partial charge in [-0.15, -0.1) is 0 Å². The summed E-state index contributed by atoms with van der Waals surface area (Å²) in [5.41, 5.74) is 4.47. The molecule has 0 bridgehead atoms. The number of hydrogen-bond donors (Lipinski definition) is 1. The SMILES string of the molecule is C[C@H]1CCc2c(cnc3c(C(=O)N[C@H](C)c4ccc5c(c4)OCCO5)cnn23)C1. The van der Waals surface area contributed by atoms with Crippen LogP contribution in [0.25, 0.3) is 5.65 Å². The highest BCUT2D eigenvalue weighted by Gasteiger charge is 2.23. The maximum atomic E-state index is 13.0. The van der Waals surface area contributed by atoms with E-state index in [1.54, 1.807) is 6.20 Å². The van der Waals surface area contributed by atoms with Gasteiger partial charge in [-0.05, 0) is 55.4 Å². The standard InChI is InChI=1S/C22H24N4O3/c1-13-3-5-18-16(9-13)11-23-21-17(12-24-26(18)21)22(27)25-14(2)15-4-6-19-20(10-15)29-8-7-28-19/h4,6,10-14H,3,5,7-9H2,1-2H3,(H,25,27)/t13-,14+/m0/s1. The molecule has 1 amide bonds. The van der Waals surface area contributed by atoms with Crippen molar-refractivity contribution in [1.29, 1.82) is 0 Å². The van der Waals surface area contributed by atoms with Crippen LogP contribution in [0.3, 0.4) is 0 Å². The van der Waals surface area contributed by atoms with Crippen molar-refractivity contribution in [3.8, 4) is 11.5 Å². The van der Waals surface area contributed by atoms with Gasteiger partial charge in [0, 0.05) is 11.9 Å². The summed E-state index contributed by atoms with van der Waals surface area (Å²) in [6, 6.07) is 5.57. The molecule has 0 fully saturated rings. The summed E-state index contributed by atoms with van der Waals surface area (Å²) in [6.45, 7) is 5.30. The van der Waals surface area contributed by atoms with Gasteiger partial charge in [-0.2, -0.15) is 5.10 Å². The van der Waals surface area contributed by atoms with Gasteiger partial charge in [-0.1, -0.05) is 13.0 Å². The summed E-state index contributed by atoms with van der Waals surface area (Å²) in [4.78, 5) is 17.5. The zero-order valence-corrected chi connectivity index (χ0v) is 16.6. The van der Waals surface area contributed by atoms with Crippen LogP contribution < -0.4 is 14.8 Å². The number of rotatable bonds is 3. The Balaban J connectivity index is 1.39. The van der Waals surface area contributed by atoms with Crippen molar-refractivity contribution in [2.75, 3.05) is 13.2 Å². The number of fused-ring (bicyclic) bond motifs is 4. The second-order valence-electron chi connectivity index (χ2n) is 7.97. The third kappa shape index (κ3) is 3.20. The van der Waals surface area contributed by atoms with Crippen LogP contribution in [-0.2, 0) is 12.8 Å². The Morgan fingerprint density at radius 1 is 1.24 bits per heavy atom. The Labute approximate surface area is 169 Å². The lowest BCUT2D eigenvalue weighted by Crippen LogP contribution is -2.27. The number of aromatic nitrogens is 3. The lowest BCUT2D eigenvalue weighted by molar-refractivity contribution is 0.0941. The van der Waals surface area contributed by atoms with Crippen LogP contribution in [0.4, 0.5) is 0 Å². The highest BCUT2D eigenvalue weighted by Crippen LogP contribution is 2.32. The molecule has 0 unspecified atom stereocenters. The van der Waals surface area contributed by atoms with Crippen LogP contribution in [0.2, 0.25) is 0 Å². The van der Waals surface area contributed by atoms with Crippen molar-refractivity contribution < 1.29 is 14.3 Å². The second kappa shape index (κ2) is 7.06. The number of amides is 1. The molecule has 3 aromatic rings. The van der Waals surface area contributed by atoms with Crippen LogP contribution in [0.5, 0.6) is 11.5 Å². The number of hydrogen-bond acceptors (Lipinski definition) is 5. The van der Waals surface area contributed by atoms with Gasteiger partial charge in [0.2, 0.25) is 0 Å². The number of nitrogens with zero attached hydrogens (tertiary/aromatic N) is 3. The highest BCUT2D eigenvalue weighted by molar-refractivity contribution is 5.99. The molecule has 1 aliphatic carbocycles. The first-order valence-electron chi connectivity index (χ1n) is 10.1. The molecular formula is C22H24N4O3. The summed E-state index contributed by atoms with van der Waals surface area (Å²) in [7, 11) is 0. The topological polar surface area (TPSA) is 77.8 Å². The van der Waals surface area contributed by atoms with E-state index in [0.717, 1.165) is 30.6 Å². The van der Waals surface area contributed by atoms with Crippen LogP contribution in [0, 0.1) is 5.92 Å². The lowest BCUT2D eigenvalue weighted by atomic mass is 9.89. The molecule has 5 rings (SSSR count). The van der Waals surface area contributed by atoms with E-state index < -0.39 is 0 Å². The minimum atomic E-state index is -0.188. The van der Waals surface area contributed by atoms with Crippen molar-refractivity contribution >= 4 is 11.6 Å². The van der Waals surface area contributed by atoms with E-state index in [0.29, 0.717) is 36.1 Å². The lowest BCUT2D eigenvalue weighted by Gasteiger charge is -2.21. The molecule has 1 aliphatic heterocycles. The van der Waals surface area contributed by atoms with Gasteiger partial charge in [0.05, 0.1) is 12.2 Å². The Morgan fingerprint density at radius 2 is 2.07 bits per heavy atom. The Hall–Kier alpha value is -3.09. The molecule has 7 nitrogen and oxygen atoms in total. The minimum Gasteiger partial charge on any atom is -0.486 e. The molecule has 150 valence electrons. The quantitative estimate of drug-likeness (QED) is 0.741. The first kappa shape index (κ1) is 18.0. The van der Waals surface area contributed by atoms with Gasteiger partial charge in [0.1, 0.15) is 18.8 Å². The number of ether oxygens (including phenoxy) is 2. The maximum Gasteiger partial charge on any atom is 0.257 e. The van der Waals surface area contributed by atoms with Crippen molar-refractivity contribution in [3.63, 3.8) is 0 Å². The van der Waals surface area contributed by atoms with Crippen LogP contribution >= 0.6 is 0 Å². The van der Waals surface area contributed by atoms with E-state index in [1.807, 2.05) is 35.8 Å². The van der Waals surface area contributed by atoms with E-state index in [4.69, 9.17) is 9.47 Å². The van der Waals surface area contributed by atoms with Gasteiger partial charge in [-0.25, -0.2) is 9.50 Å². The molecule has 0 saturated carbocycles. The molecule has 0 radical (unpaired) electrons. The average molecular weight is 392 g/mol. The zero-order valence-electron chi connectivity index (χ0n) is 16.6. The molecule has 2 aromatic heterocycles. The van der Waals surface area contributed by atoms with E-state index in [1.165, 1.54) is 11.3 Å². The van der Waals surface area contributed by atoms with Crippen LogP contribution in [0.15, 0.2) is 30.6 Å². The first-order chi connectivity index (χ1) is 14.1. The molecule has 3 heterocycles. The molecule has 7 heteroatoms. The van der Waals surface area contributed by atoms with Crippen molar-refractivity contribution in [1.82, 2.24) is 19.9 Å². The Morgan fingerprint density at radius 3 is 2.93 bits per heavy atom. The molecule has 0 spiro atoms. The van der Waals surface area contributed by atoms with Gasteiger partial charge < -0.3 is 14.8 Å². The maximum absolute atomic E-state index is 13.0. The van der Waals surface area contributed by atoms with E-state index in [2.05, 4.69) is 22.3 Å². The van der Waals surface area contributed by atoms with Crippen LogP contribution in [0.1, 0.15) is 53.5 Å². The Bertz CT molecular complexity index is 1090. The fourth-order valence-electron chi connectivity index (χ4n) is 4.16.